The predicted molar refractivity (Wildman–Crippen MR) is 111 cm³/mol. The first-order valence-corrected chi connectivity index (χ1v) is 12.4. The van der Waals surface area contributed by atoms with Crippen molar-refractivity contribution in [3.8, 4) is 0 Å². The second-order valence-corrected chi connectivity index (χ2v) is 11.6. The standard InChI is InChI=1S/C22H30FO8P/c1-12-8-16-15-5-4-13-9-14(24)6-7-19(13,2)22(15,23)17(25)10-20(16,3)21(27,18(12)26)11-31-32(28,29)30/h6-7,9,12,15-17,25,27H,4-5,8,10-11H2,1-3H3,(H2,28,29,30)/t12-,15+,16+,17+,19+,20+,21?,22+/m1/s1. The molecule has 0 aliphatic heterocycles. The van der Waals surface area contributed by atoms with E-state index in [1.54, 1.807) is 20.8 Å². The number of hydrogen-bond acceptors (Lipinski definition) is 6. The monoisotopic (exact) mass is 472 g/mol. The molecule has 3 fully saturated rings. The molecule has 0 heterocycles. The molecule has 4 rings (SSSR count). The topological polar surface area (TPSA) is 141 Å². The van der Waals surface area contributed by atoms with Crippen LogP contribution in [0.3, 0.4) is 0 Å². The minimum Gasteiger partial charge on any atom is -0.390 e. The molecule has 178 valence electrons. The summed E-state index contributed by atoms with van der Waals surface area (Å²) in [6.07, 6.45) is 3.39. The lowest BCUT2D eigenvalue weighted by Gasteiger charge is -2.66. The molecule has 4 aliphatic carbocycles. The number of allylic oxidation sites excluding steroid dienone is 4. The van der Waals surface area contributed by atoms with E-state index < -0.39 is 66.2 Å². The van der Waals surface area contributed by atoms with Gasteiger partial charge in [-0.15, -0.1) is 0 Å². The average Bonchev–Trinajstić information content (AvgIpc) is 2.69. The molecule has 8 atom stereocenters. The summed E-state index contributed by atoms with van der Waals surface area (Å²) >= 11 is 0. The number of phosphoric ester groups is 1. The Kier molecular flexibility index (Phi) is 5.34. The molecule has 4 aliphatic rings. The second-order valence-electron chi connectivity index (χ2n) is 10.4. The molecule has 32 heavy (non-hydrogen) atoms. The normalized spacial score (nSPS) is 48.6. The Hall–Kier alpha value is -1.22. The van der Waals surface area contributed by atoms with E-state index in [9.17, 15) is 34.2 Å². The van der Waals surface area contributed by atoms with E-state index in [4.69, 9.17) is 0 Å². The number of fused-ring (bicyclic) bond motifs is 5. The Morgan fingerprint density at radius 1 is 1.25 bits per heavy atom. The number of carbonyl (C=O) groups is 2. The van der Waals surface area contributed by atoms with Gasteiger partial charge in [-0.3, -0.25) is 14.1 Å². The first-order chi connectivity index (χ1) is 14.6. The Morgan fingerprint density at radius 3 is 2.53 bits per heavy atom. The highest BCUT2D eigenvalue weighted by atomic mass is 31.2. The van der Waals surface area contributed by atoms with Crippen LogP contribution < -0.4 is 0 Å². The van der Waals surface area contributed by atoms with E-state index in [0.717, 1.165) is 0 Å². The van der Waals surface area contributed by atoms with Gasteiger partial charge in [0.2, 0.25) is 0 Å². The van der Waals surface area contributed by atoms with Crippen molar-refractivity contribution in [3.63, 3.8) is 0 Å². The number of hydrogen-bond donors (Lipinski definition) is 4. The summed E-state index contributed by atoms with van der Waals surface area (Å²) in [7, 11) is -4.99. The van der Waals surface area contributed by atoms with Gasteiger partial charge in [0.25, 0.3) is 0 Å². The number of rotatable bonds is 3. The number of halogens is 1. The molecule has 0 radical (unpaired) electrons. The van der Waals surface area contributed by atoms with Crippen LogP contribution in [0.15, 0.2) is 23.8 Å². The number of alkyl halides is 1. The molecule has 0 saturated heterocycles. The summed E-state index contributed by atoms with van der Waals surface area (Å²) in [5.41, 5.74) is -6.39. The quantitative estimate of drug-likeness (QED) is 0.457. The minimum absolute atomic E-state index is 0.226. The van der Waals surface area contributed by atoms with Crippen LogP contribution in [0.5, 0.6) is 0 Å². The molecular formula is C22H30FO8P. The Morgan fingerprint density at radius 2 is 1.91 bits per heavy atom. The lowest BCUT2D eigenvalue weighted by atomic mass is 9.40. The van der Waals surface area contributed by atoms with E-state index in [0.29, 0.717) is 18.4 Å². The van der Waals surface area contributed by atoms with Crippen LogP contribution in [0.4, 0.5) is 4.39 Å². The van der Waals surface area contributed by atoms with Crippen LogP contribution in [0, 0.1) is 28.6 Å². The SMILES string of the molecule is C[C@@H]1C[C@H]2[C@@H]3CCC4=CC(=O)C=C[C@]4(C)[C@@]3(F)[C@@H](O)C[C@]2(C)C(O)(COP(=O)(O)O)C1=O. The van der Waals surface area contributed by atoms with Crippen molar-refractivity contribution in [1.82, 2.24) is 0 Å². The fraction of sp³-hybridized carbons (Fsp3) is 0.727. The van der Waals surface area contributed by atoms with Crippen molar-refractivity contribution in [3.05, 3.63) is 23.8 Å². The van der Waals surface area contributed by atoms with Crippen molar-refractivity contribution in [2.45, 2.75) is 63.8 Å². The summed E-state index contributed by atoms with van der Waals surface area (Å²) in [5.74, 6) is -2.84. The third-order valence-electron chi connectivity index (χ3n) is 8.88. The summed E-state index contributed by atoms with van der Waals surface area (Å²) < 4.78 is 33.0. The lowest BCUT2D eigenvalue weighted by molar-refractivity contribution is -0.254. The summed E-state index contributed by atoms with van der Waals surface area (Å²) in [4.78, 5) is 43.3. The van der Waals surface area contributed by atoms with Crippen LogP contribution in [-0.2, 0) is 18.7 Å². The maximum atomic E-state index is 17.1. The highest BCUT2D eigenvalue weighted by molar-refractivity contribution is 7.46. The number of phosphoric acid groups is 1. The molecule has 0 spiro atoms. The molecule has 4 N–H and O–H groups in total. The van der Waals surface area contributed by atoms with Gasteiger partial charge in [0.05, 0.1) is 12.7 Å². The van der Waals surface area contributed by atoms with Crippen molar-refractivity contribution >= 4 is 19.4 Å². The van der Waals surface area contributed by atoms with E-state index >= 15 is 4.39 Å². The Labute approximate surface area is 185 Å². The third-order valence-corrected chi connectivity index (χ3v) is 9.35. The molecule has 0 amide bonds. The molecule has 8 nitrogen and oxygen atoms in total. The van der Waals surface area contributed by atoms with Crippen LogP contribution >= 0.6 is 7.82 Å². The molecule has 0 bridgehead atoms. The van der Waals surface area contributed by atoms with Gasteiger partial charge < -0.3 is 20.0 Å². The zero-order chi connectivity index (χ0) is 23.9. The fourth-order valence-corrected chi connectivity index (χ4v) is 7.42. The first kappa shape index (κ1) is 23.9. The summed E-state index contributed by atoms with van der Waals surface area (Å²) in [6, 6.07) is 0. The van der Waals surface area contributed by atoms with Crippen LogP contribution in [0.25, 0.3) is 0 Å². The molecule has 1 unspecified atom stereocenters. The molecule has 0 aromatic carbocycles. The van der Waals surface area contributed by atoms with Crippen molar-refractivity contribution in [1.29, 1.82) is 0 Å². The summed E-state index contributed by atoms with van der Waals surface area (Å²) in [5, 5.41) is 22.7. The average molecular weight is 472 g/mol. The van der Waals surface area contributed by atoms with Gasteiger partial charge in [0.15, 0.2) is 22.8 Å². The smallest absolute Gasteiger partial charge is 0.390 e. The number of carbonyl (C=O) groups excluding carboxylic acids is 2. The maximum absolute atomic E-state index is 17.1. The van der Waals surface area contributed by atoms with Gasteiger partial charge in [-0.1, -0.05) is 25.5 Å². The number of aliphatic hydroxyl groups excluding tert-OH is 1. The molecule has 0 aromatic rings. The highest BCUT2D eigenvalue weighted by Gasteiger charge is 2.74. The zero-order valence-electron chi connectivity index (χ0n) is 18.3. The third kappa shape index (κ3) is 3.02. The maximum Gasteiger partial charge on any atom is 0.469 e. The van der Waals surface area contributed by atoms with Gasteiger partial charge >= 0.3 is 7.82 Å². The van der Waals surface area contributed by atoms with E-state index in [1.807, 2.05) is 0 Å². The summed E-state index contributed by atoms with van der Waals surface area (Å²) in [6.45, 7) is 3.90. The van der Waals surface area contributed by atoms with Crippen LogP contribution in [0.1, 0.15) is 46.5 Å². The van der Waals surface area contributed by atoms with E-state index in [2.05, 4.69) is 4.52 Å². The lowest BCUT2D eigenvalue weighted by Crippen LogP contribution is -2.74. The second kappa shape index (κ2) is 7.14. The minimum atomic E-state index is -4.99. The van der Waals surface area contributed by atoms with E-state index in [-0.39, 0.29) is 18.6 Å². The Bertz CT molecular complexity index is 973. The largest absolute Gasteiger partial charge is 0.469 e. The predicted octanol–water partition coefficient (Wildman–Crippen LogP) is 2.01. The molecular weight excluding hydrogens is 442 g/mol. The van der Waals surface area contributed by atoms with Gasteiger partial charge in [0.1, 0.15) is 0 Å². The first-order valence-electron chi connectivity index (χ1n) is 10.9. The van der Waals surface area contributed by atoms with Crippen molar-refractivity contribution in [2.75, 3.05) is 6.61 Å². The zero-order valence-corrected chi connectivity index (χ0v) is 19.2. The molecule has 10 heteroatoms. The fourth-order valence-electron chi connectivity index (χ4n) is 7.06. The van der Waals surface area contributed by atoms with Crippen LogP contribution in [0.2, 0.25) is 0 Å². The van der Waals surface area contributed by atoms with Crippen molar-refractivity contribution < 1.29 is 43.1 Å². The van der Waals surface area contributed by atoms with Gasteiger partial charge in [-0.2, -0.15) is 0 Å². The highest BCUT2D eigenvalue weighted by Crippen LogP contribution is 2.68. The number of Topliss-reactive ketones (excluding diaryl/α,β-unsaturated/α-hetero) is 1. The number of ketones is 2. The molecule has 0 aromatic heterocycles. The Balaban J connectivity index is 1.81. The van der Waals surface area contributed by atoms with Gasteiger partial charge in [0, 0.05) is 22.7 Å². The van der Waals surface area contributed by atoms with Gasteiger partial charge in [-0.25, -0.2) is 8.96 Å². The van der Waals surface area contributed by atoms with Crippen LogP contribution in [-0.4, -0.2) is 55.5 Å². The van der Waals surface area contributed by atoms with Crippen molar-refractivity contribution in [2.24, 2.45) is 28.6 Å². The molecule has 3 saturated carbocycles. The number of aliphatic hydroxyl groups is 2. The van der Waals surface area contributed by atoms with E-state index in [1.165, 1.54) is 18.2 Å². The van der Waals surface area contributed by atoms with Gasteiger partial charge in [-0.05, 0) is 50.7 Å².